The maximum absolute atomic E-state index is 13.5. The largest absolute Gasteiger partial charge is 0.497 e. The Balaban J connectivity index is 1.71. The summed E-state index contributed by atoms with van der Waals surface area (Å²) in [5.74, 6) is 0.812. The molecule has 0 bridgehead atoms. The Morgan fingerprint density at radius 2 is 1.77 bits per heavy atom. The second-order valence-electron chi connectivity index (χ2n) is 7.66. The van der Waals surface area contributed by atoms with Gasteiger partial charge in [0.15, 0.2) is 5.76 Å². The molecule has 0 saturated heterocycles. The Labute approximate surface area is 181 Å². The molecule has 2 amide bonds. The second-order valence-corrected chi connectivity index (χ2v) is 7.66. The minimum absolute atomic E-state index is 0.123. The Kier molecular flexibility index (Phi) is 6.40. The molecule has 2 heterocycles. The molecule has 1 aliphatic carbocycles. The van der Waals surface area contributed by atoms with Crippen molar-refractivity contribution in [3.63, 3.8) is 0 Å². The molecule has 2 aromatic heterocycles. The molecule has 7 nitrogen and oxygen atoms in total. The van der Waals surface area contributed by atoms with Crippen molar-refractivity contribution >= 4 is 11.8 Å². The summed E-state index contributed by atoms with van der Waals surface area (Å²) in [6.45, 7) is 0.126. The number of hydrogen-bond acceptors (Lipinski definition) is 5. The molecule has 4 rings (SSSR count). The van der Waals surface area contributed by atoms with Gasteiger partial charge >= 0.3 is 0 Å². The molecule has 1 N–H and O–H groups in total. The molecule has 1 saturated carbocycles. The molecule has 0 aliphatic heterocycles. The third-order valence-corrected chi connectivity index (χ3v) is 5.59. The zero-order chi connectivity index (χ0) is 21.6. The van der Waals surface area contributed by atoms with Crippen molar-refractivity contribution in [1.82, 2.24) is 10.2 Å². The zero-order valence-electron chi connectivity index (χ0n) is 17.5. The number of hydrogen-bond donors (Lipinski definition) is 1. The van der Waals surface area contributed by atoms with Crippen LogP contribution < -0.4 is 10.1 Å². The van der Waals surface area contributed by atoms with Crippen LogP contribution in [0.3, 0.4) is 0 Å². The summed E-state index contributed by atoms with van der Waals surface area (Å²) in [6.07, 6.45) is 7.08. The van der Waals surface area contributed by atoms with Crippen LogP contribution in [0, 0.1) is 0 Å². The highest BCUT2D eigenvalue weighted by Crippen LogP contribution is 2.29. The van der Waals surface area contributed by atoms with Gasteiger partial charge in [0.1, 0.15) is 17.6 Å². The molecule has 1 aromatic carbocycles. The first-order chi connectivity index (χ1) is 15.2. The summed E-state index contributed by atoms with van der Waals surface area (Å²) < 4.78 is 16.1. The lowest BCUT2D eigenvalue weighted by molar-refractivity contribution is -0.126. The number of methoxy groups -OCH3 is 1. The van der Waals surface area contributed by atoms with E-state index < -0.39 is 6.04 Å². The molecular formula is C24H26N2O5. The molecule has 0 radical (unpaired) electrons. The zero-order valence-corrected chi connectivity index (χ0v) is 17.5. The van der Waals surface area contributed by atoms with E-state index in [9.17, 15) is 9.59 Å². The average Bonchev–Trinajstić information content (AvgIpc) is 3.57. The first kappa shape index (κ1) is 20.8. The van der Waals surface area contributed by atoms with Gasteiger partial charge in [-0.05, 0) is 54.8 Å². The van der Waals surface area contributed by atoms with Crippen LogP contribution >= 0.6 is 0 Å². The fourth-order valence-corrected chi connectivity index (χ4v) is 4.00. The summed E-state index contributed by atoms with van der Waals surface area (Å²) in [6, 6.07) is 13.2. The summed E-state index contributed by atoms with van der Waals surface area (Å²) in [7, 11) is 1.59. The Hall–Kier alpha value is -3.48. The molecule has 1 fully saturated rings. The van der Waals surface area contributed by atoms with E-state index in [4.69, 9.17) is 13.6 Å². The van der Waals surface area contributed by atoms with Crippen LogP contribution in [0.1, 0.15) is 53.6 Å². The van der Waals surface area contributed by atoms with Gasteiger partial charge < -0.3 is 23.8 Å². The number of nitrogens with zero attached hydrogens (tertiary/aromatic N) is 1. The van der Waals surface area contributed by atoms with Crippen molar-refractivity contribution in [2.75, 3.05) is 7.11 Å². The van der Waals surface area contributed by atoms with Gasteiger partial charge in [0, 0.05) is 6.04 Å². The lowest BCUT2D eigenvalue weighted by atomic mass is 10.0. The van der Waals surface area contributed by atoms with Gasteiger partial charge in [-0.1, -0.05) is 25.0 Å². The normalized spacial score (nSPS) is 14.9. The Bertz CT molecular complexity index is 974. The summed E-state index contributed by atoms with van der Waals surface area (Å²) in [5.41, 5.74) is 0.683. The minimum atomic E-state index is -0.853. The van der Waals surface area contributed by atoms with Gasteiger partial charge in [-0.25, -0.2) is 0 Å². The molecule has 3 aromatic rings. The molecule has 7 heteroatoms. The SMILES string of the molecule is COc1ccc(C(C(=O)NC2CCCC2)N(Cc2ccco2)C(=O)c2ccco2)cc1. The number of carbonyl (C=O) groups is 2. The van der Waals surface area contributed by atoms with Gasteiger partial charge in [-0.2, -0.15) is 0 Å². The Morgan fingerprint density at radius 1 is 1.06 bits per heavy atom. The van der Waals surface area contributed by atoms with Crippen molar-refractivity contribution in [2.45, 2.75) is 44.3 Å². The van der Waals surface area contributed by atoms with Gasteiger partial charge in [0.25, 0.3) is 5.91 Å². The molecule has 1 aliphatic rings. The first-order valence-electron chi connectivity index (χ1n) is 10.5. The van der Waals surface area contributed by atoms with E-state index in [1.807, 2.05) is 12.1 Å². The van der Waals surface area contributed by atoms with E-state index in [2.05, 4.69) is 5.32 Å². The lowest BCUT2D eigenvalue weighted by Gasteiger charge is -2.31. The topological polar surface area (TPSA) is 84.9 Å². The quantitative estimate of drug-likeness (QED) is 0.584. The van der Waals surface area contributed by atoms with Crippen LogP contribution in [0.4, 0.5) is 0 Å². The Morgan fingerprint density at radius 3 is 2.39 bits per heavy atom. The highest BCUT2D eigenvalue weighted by Gasteiger charge is 2.35. The van der Waals surface area contributed by atoms with Crippen molar-refractivity contribution < 1.29 is 23.2 Å². The molecule has 0 spiro atoms. The van der Waals surface area contributed by atoms with Crippen molar-refractivity contribution in [3.05, 3.63) is 78.1 Å². The molecule has 1 atom stereocenters. The summed E-state index contributed by atoms with van der Waals surface area (Å²) >= 11 is 0. The van der Waals surface area contributed by atoms with Gasteiger partial charge in [-0.15, -0.1) is 0 Å². The van der Waals surface area contributed by atoms with Crippen LogP contribution in [-0.4, -0.2) is 29.9 Å². The van der Waals surface area contributed by atoms with E-state index in [0.717, 1.165) is 25.7 Å². The molecule has 31 heavy (non-hydrogen) atoms. The van der Waals surface area contributed by atoms with Crippen LogP contribution in [0.2, 0.25) is 0 Å². The maximum Gasteiger partial charge on any atom is 0.290 e. The molecular weight excluding hydrogens is 396 g/mol. The predicted octanol–water partition coefficient (Wildman–Crippen LogP) is 4.32. The van der Waals surface area contributed by atoms with Gasteiger partial charge in [0.05, 0.1) is 26.2 Å². The number of rotatable bonds is 8. The number of amides is 2. The number of nitrogens with one attached hydrogen (secondary N) is 1. The summed E-state index contributed by atoms with van der Waals surface area (Å²) in [4.78, 5) is 28.4. The third-order valence-electron chi connectivity index (χ3n) is 5.59. The standard InChI is InChI=1S/C24H26N2O5/c1-29-19-12-10-17(11-13-19)22(23(27)25-18-6-2-3-7-18)26(16-20-8-4-14-30-20)24(28)21-9-5-15-31-21/h4-5,8-15,18,22H,2-3,6-7,16H2,1H3,(H,25,27). The maximum atomic E-state index is 13.5. The minimum Gasteiger partial charge on any atom is -0.497 e. The van der Waals surface area contributed by atoms with Crippen LogP contribution in [0.25, 0.3) is 0 Å². The van der Waals surface area contributed by atoms with Gasteiger partial charge in [-0.3, -0.25) is 9.59 Å². The highest BCUT2D eigenvalue weighted by molar-refractivity contribution is 5.96. The van der Waals surface area contributed by atoms with Crippen LogP contribution in [0.15, 0.2) is 69.9 Å². The van der Waals surface area contributed by atoms with E-state index in [1.54, 1.807) is 49.8 Å². The molecule has 162 valence electrons. The number of furan rings is 2. The van der Waals surface area contributed by atoms with Crippen molar-refractivity contribution in [2.24, 2.45) is 0 Å². The van der Waals surface area contributed by atoms with Crippen molar-refractivity contribution in [3.8, 4) is 5.75 Å². The smallest absolute Gasteiger partial charge is 0.290 e. The highest BCUT2D eigenvalue weighted by atomic mass is 16.5. The number of ether oxygens (including phenoxy) is 1. The fraction of sp³-hybridized carbons (Fsp3) is 0.333. The van der Waals surface area contributed by atoms with Crippen molar-refractivity contribution in [1.29, 1.82) is 0 Å². The summed E-state index contributed by atoms with van der Waals surface area (Å²) in [5, 5.41) is 3.14. The molecule has 1 unspecified atom stereocenters. The van der Waals surface area contributed by atoms with E-state index in [0.29, 0.717) is 17.1 Å². The second kappa shape index (κ2) is 9.55. The first-order valence-corrected chi connectivity index (χ1v) is 10.5. The number of benzene rings is 1. The average molecular weight is 422 g/mol. The number of carbonyl (C=O) groups excluding carboxylic acids is 2. The fourth-order valence-electron chi connectivity index (χ4n) is 4.00. The van der Waals surface area contributed by atoms with Crippen LogP contribution in [-0.2, 0) is 11.3 Å². The monoisotopic (exact) mass is 422 g/mol. The van der Waals surface area contributed by atoms with E-state index >= 15 is 0 Å². The lowest BCUT2D eigenvalue weighted by Crippen LogP contribution is -2.45. The van der Waals surface area contributed by atoms with Gasteiger partial charge in [0.2, 0.25) is 5.91 Å². The van der Waals surface area contributed by atoms with E-state index in [-0.39, 0.29) is 30.2 Å². The predicted molar refractivity (Wildman–Crippen MR) is 113 cm³/mol. The van der Waals surface area contributed by atoms with Crippen LogP contribution in [0.5, 0.6) is 5.75 Å². The third kappa shape index (κ3) is 4.82. The van der Waals surface area contributed by atoms with E-state index in [1.165, 1.54) is 11.2 Å².